The predicted octanol–water partition coefficient (Wildman–Crippen LogP) is 3.52. The van der Waals surface area contributed by atoms with Gasteiger partial charge in [-0.05, 0) is 53.9 Å². The Morgan fingerprint density at radius 3 is 2.76 bits per heavy atom. The highest BCUT2D eigenvalue weighted by Gasteiger charge is 2.13. The molecule has 94 valence electrons. The van der Waals surface area contributed by atoms with E-state index in [1.807, 2.05) is 19.9 Å². The molecule has 0 saturated carbocycles. The molecule has 0 amide bonds. The summed E-state index contributed by atoms with van der Waals surface area (Å²) in [6.45, 7) is 8.16. The Balaban J connectivity index is 3.04. The van der Waals surface area contributed by atoms with Crippen molar-refractivity contribution in [1.29, 1.82) is 0 Å². The molecule has 1 atom stereocenters. The summed E-state index contributed by atoms with van der Waals surface area (Å²) in [6, 6.07) is 3.45. The number of phenolic OH excluding ortho intramolecular Hbond substituents is 1. The van der Waals surface area contributed by atoms with E-state index >= 15 is 0 Å². The monoisotopic (exact) mass is 299 g/mol. The van der Waals surface area contributed by atoms with Crippen LogP contribution in [-0.2, 0) is 0 Å². The minimum atomic E-state index is -0.136. The van der Waals surface area contributed by atoms with Crippen LogP contribution in [0.25, 0.3) is 0 Å². The first-order valence-corrected chi connectivity index (χ1v) is 6.30. The molecule has 3 N–H and O–H groups in total. The van der Waals surface area contributed by atoms with Crippen LogP contribution >= 0.6 is 15.9 Å². The second-order valence-electron chi connectivity index (χ2n) is 4.05. The van der Waals surface area contributed by atoms with E-state index in [4.69, 9.17) is 10.5 Å². The van der Waals surface area contributed by atoms with Crippen molar-refractivity contribution in [2.45, 2.75) is 26.3 Å². The van der Waals surface area contributed by atoms with Crippen LogP contribution in [0.3, 0.4) is 0 Å². The third kappa shape index (κ3) is 3.75. The molecule has 3 nitrogen and oxygen atoms in total. The molecule has 0 aliphatic carbocycles. The Hall–Kier alpha value is -1.00. The quantitative estimate of drug-likeness (QED) is 0.818. The molecule has 0 aromatic heterocycles. The van der Waals surface area contributed by atoms with E-state index in [0.717, 1.165) is 11.1 Å². The second-order valence-corrected chi connectivity index (χ2v) is 4.90. The van der Waals surface area contributed by atoms with E-state index in [-0.39, 0.29) is 11.8 Å². The minimum Gasteiger partial charge on any atom is -0.503 e. The average Bonchev–Trinajstić information content (AvgIpc) is 2.23. The normalized spacial score (nSPS) is 12.2. The maximum absolute atomic E-state index is 9.79. The maximum atomic E-state index is 9.79. The molecule has 1 rings (SSSR count). The zero-order valence-electron chi connectivity index (χ0n) is 10.2. The lowest BCUT2D eigenvalue weighted by Crippen LogP contribution is -2.10. The predicted molar refractivity (Wildman–Crippen MR) is 73.3 cm³/mol. The number of rotatable bonds is 5. The van der Waals surface area contributed by atoms with Crippen molar-refractivity contribution in [1.82, 2.24) is 0 Å². The summed E-state index contributed by atoms with van der Waals surface area (Å²) >= 11 is 3.29. The van der Waals surface area contributed by atoms with Gasteiger partial charge in [-0.25, -0.2) is 0 Å². The standard InChI is InChI=1S/C13H18BrNO2/c1-4-17-12-7-9(6-10(14)13(12)16)11(15)5-8(2)3/h6-7,11,16H,2,4-5,15H2,1,3H3/t11-/m1/s1. The van der Waals surface area contributed by atoms with Crippen molar-refractivity contribution < 1.29 is 9.84 Å². The number of ether oxygens (including phenoxy) is 1. The van der Waals surface area contributed by atoms with Crippen LogP contribution in [0.4, 0.5) is 0 Å². The fourth-order valence-corrected chi connectivity index (χ4v) is 2.03. The Bertz CT molecular complexity index is 418. The molecular formula is C13H18BrNO2. The lowest BCUT2D eigenvalue weighted by Gasteiger charge is -2.15. The molecule has 0 aliphatic heterocycles. The molecule has 0 fully saturated rings. The summed E-state index contributed by atoms with van der Waals surface area (Å²) in [6.07, 6.45) is 0.711. The lowest BCUT2D eigenvalue weighted by atomic mass is 10.0. The van der Waals surface area contributed by atoms with Crippen LogP contribution in [-0.4, -0.2) is 11.7 Å². The molecule has 1 aromatic rings. The molecule has 0 radical (unpaired) electrons. The van der Waals surface area contributed by atoms with Gasteiger partial charge in [0.1, 0.15) is 0 Å². The van der Waals surface area contributed by atoms with E-state index in [0.29, 0.717) is 23.2 Å². The van der Waals surface area contributed by atoms with Gasteiger partial charge in [-0.3, -0.25) is 0 Å². The van der Waals surface area contributed by atoms with Crippen LogP contribution in [0, 0.1) is 0 Å². The molecule has 0 bridgehead atoms. The van der Waals surface area contributed by atoms with Crippen molar-refractivity contribution in [3.05, 3.63) is 34.3 Å². The Morgan fingerprint density at radius 2 is 2.24 bits per heavy atom. The number of hydrogen-bond donors (Lipinski definition) is 2. The number of nitrogens with two attached hydrogens (primary N) is 1. The van der Waals surface area contributed by atoms with Gasteiger partial charge in [0.25, 0.3) is 0 Å². The van der Waals surface area contributed by atoms with Gasteiger partial charge in [0.15, 0.2) is 11.5 Å². The van der Waals surface area contributed by atoms with Crippen LogP contribution in [0.2, 0.25) is 0 Å². The second kappa shape index (κ2) is 6.07. The van der Waals surface area contributed by atoms with E-state index in [2.05, 4.69) is 22.5 Å². The van der Waals surface area contributed by atoms with Crippen molar-refractivity contribution in [2.24, 2.45) is 5.73 Å². The van der Waals surface area contributed by atoms with Gasteiger partial charge in [0.05, 0.1) is 11.1 Å². The van der Waals surface area contributed by atoms with Gasteiger partial charge in [-0.1, -0.05) is 5.57 Å². The lowest BCUT2D eigenvalue weighted by molar-refractivity contribution is 0.316. The van der Waals surface area contributed by atoms with E-state index in [9.17, 15) is 5.11 Å². The Labute approximate surface area is 110 Å². The summed E-state index contributed by atoms with van der Waals surface area (Å²) in [5.41, 5.74) is 8.01. The van der Waals surface area contributed by atoms with Crippen LogP contribution in [0.5, 0.6) is 11.5 Å². The number of aromatic hydroxyl groups is 1. The molecular weight excluding hydrogens is 282 g/mol. The molecule has 4 heteroatoms. The maximum Gasteiger partial charge on any atom is 0.172 e. The summed E-state index contributed by atoms with van der Waals surface area (Å²) in [4.78, 5) is 0. The number of benzene rings is 1. The number of halogens is 1. The van der Waals surface area contributed by atoms with Crippen LogP contribution in [0.15, 0.2) is 28.8 Å². The highest BCUT2D eigenvalue weighted by molar-refractivity contribution is 9.10. The van der Waals surface area contributed by atoms with Gasteiger partial charge in [-0.15, -0.1) is 6.58 Å². The average molecular weight is 300 g/mol. The van der Waals surface area contributed by atoms with Gasteiger partial charge < -0.3 is 15.6 Å². The SMILES string of the molecule is C=C(C)C[C@@H](N)c1cc(Br)c(O)c(OCC)c1. The number of phenols is 1. The highest BCUT2D eigenvalue weighted by Crippen LogP contribution is 2.37. The first-order chi connectivity index (χ1) is 7.95. The Kier molecular flexibility index (Phi) is 5.02. The first kappa shape index (κ1) is 14.1. The molecule has 17 heavy (non-hydrogen) atoms. The third-order valence-electron chi connectivity index (χ3n) is 2.35. The Morgan fingerprint density at radius 1 is 1.59 bits per heavy atom. The van der Waals surface area contributed by atoms with Crippen molar-refractivity contribution in [2.75, 3.05) is 6.61 Å². The largest absolute Gasteiger partial charge is 0.503 e. The molecule has 1 aromatic carbocycles. The zero-order chi connectivity index (χ0) is 13.0. The highest BCUT2D eigenvalue weighted by atomic mass is 79.9. The summed E-state index contributed by atoms with van der Waals surface area (Å²) in [7, 11) is 0. The fourth-order valence-electron chi connectivity index (χ4n) is 1.57. The van der Waals surface area contributed by atoms with E-state index < -0.39 is 0 Å². The molecule has 0 saturated heterocycles. The van der Waals surface area contributed by atoms with Crippen molar-refractivity contribution >= 4 is 15.9 Å². The minimum absolute atomic E-state index is 0.109. The molecule has 0 unspecified atom stereocenters. The third-order valence-corrected chi connectivity index (χ3v) is 2.95. The molecule has 0 spiro atoms. The molecule has 0 aliphatic rings. The van der Waals surface area contributed by atoms with Gasteiger partial charge in [-0.2, -0.15) is 0 Å². The van der Waals surface area contributed by atoms with Crippen molar-refractivity contribution in [3.63, 3.8) is 0 Å². The van der Waals surface area contributed by atoms with E-state index in [1.165, 1.54) is 0 Å². The smallest absolute Gasteiger partial charge is 0.172 e. The fraction of sp³-hybridized carbons (Fsp3) is 0.385. The van der Waals surface area contributed by atoms with Gasteiger partial charge >= 0.3 is 0 Å². The van der Waals surface area contributed by atoms with Crippen LogP contribution in [0.1, 0.15) is 31.9 Å². The molecule has 0 heterocycles. The van der Waals surface area contributed by atoms with Crippen molar-refractivity contribution in [3.8, 4) is 11.5 Å². The van der Waals surface area contributed by atoms with Crippen LogP contribution < -0.4 is 10.5 Å². The topological polar surface area (TPSA) is 55.5 Å². The summed E-state index contributed by atoms with van der Waals surface area (Å²) in [5.74, 6) is 0.562. The summed E-state index contributed by atoms with van der Waals surface area (Å²) < 4.78 is 5.95. The first-order valence-electron chi connectivity index (χ1n) is 5.50. The van der Waals surface area contributed by atoms with Gasteiger partial charge in [0.2, 0.25) is 0 Å². The van der Waals surface area contributed by atoms with E-state index in [1.54, 1.807) is 6.07 Å². The number of hydrogen-bond acceptors (Lipinski definition) is 3. The zero-order valence-corrected chi connectivity index (χ0v) is 11.8. The van der Waals surface area contributed by atoms with Gasteiger partial charge in [0, 0.05) is 6.04 Å². The summed E-state index contributed by atoms with van der Waals surface area (Å²) in [5, 5.41) is 9.79.